The third kappa shape index (κ3) is 5.02. The zero-order valence-corrected chi connectivity index (χ0v) is 34.1. The molecule has 0 unspecified atom stereocenters. The third-order valence-electron chi connectivity index (χ3n) is 12.6. The summed E-state index contributed by atoms with van der Waals surface area (Å²) in [5.74, 6) is 0. The van der Waals surface area contributed by atoms with E-state index in [1.165, 1.54) is 128 Å². The normalized spacial score (nSPS) is 12.0. The van der Waals surface area contributed by atoms with Crippen LogP contribution in [-0.4, -0.2) is 0 Å². The fourth-order valence-corrected chi connectivity index (χ4v) is 12.4. The fraction of sp³-hybridized carbons (Fsp3) is 0. The van der Waals surface area contributed by atoms with Crippen LogP contribution in [0.5, 0.6) is 0 Å². The highest BCUT2D eigenvalue weighted by Gasteiger charge is 2.22. The number of hydrogen-bond donors (Lipinski definition) is 0. The molecule has 0 nitrogen and oxygen atoms in total. The van der Waals surface area contributed by atoms with E-state index in [2.05, 4.69) is 206 Å². The van der Waals surface area contributed by atoms with Gasteiger partial charge in [-0.2, -0.15) is 0 Å². The van der Waals surface area contributed by atoms with Gasteiger partial charge in [0.1, 0.15) is 0 Å². The molecule has 13 aromatic rings. The summed E-state index contributed by atoms with van der Waals surface area (Å²) in [6, 6.07) is 77.1. The minimum atomic E-state index is 1.22. The van der Waals surface area contributed by atoms with Crippen molar-refractivity contribution in [2.75, 3.05) is 0 Å². The van der Waals surface area contributed by atoms with Crippen molar-refractivity contribution in [2.24, 2.45) is 0 Å². The van der Waals surface area contributed by atoms with Crippen molar-refractivity contribution >= 4 is 106 Å². The Labute approximate surface area is 354 Å². The van der Waals surface area contributed by atoms with Crippen molar-refractivity contribution in [3.05, 3.63) is 206 Å². The Balaban J connectivity index is 1.20. The van der Waals surface area contributed by atoms with E-state index in [4.69, 9.17) is 0 Å². The number of rotatable bonds is 4. The summed E-state index contributed by atoms with van der Waals surface area (Å²) < 4.78 is 5.28. The van der Waals surface area contributed by atoms with Crippen LogP contribution < -0.4 is 0 Å². The number of hydrogen-bond acceptors (Lipinski definition) is 2. The maximum absolute atomic E-state index is 2.53. The Bertz CT molecular complexity index is 3650. The van der Waals surface area contributed by atoms with Crippen molar-refractivity contribution in [2.45, 2.75) is 0 Å². The molecule has 0 aliphatic carbocycles. The first-order valence-electron chi connectivity index (χ1n) is 20.6. The molecular formula is C58H34S2. The van der Waals surface area contributed by atoms with Crippen LogP contribution in [0.15, 0.2) is 206 Å². The number of benzene rings is 11. The summed E-state index contributed by atoms with van der Waals surface area (Å²) in [5.41, 5.74) is 10.1. The van der Waals surface area contributed by atoms with Gasteiger partial charge in [-0.05, 0) is 118 Å². The third-order valence-corrected chi connectivity index (χ3v) is 14.9. The van der Waals surface area contributed by atoms with Crippen molar-refractivity contribution < 1.29 is 0 Å². The molecule has 278 valence electrons. The van der Waals surface area contributed by atoms with Gasteiger partial charge in [0.05, 0.1) is 0 Å². The second-order valence-corrected chi connectivity index (χ2v) is 18.1. The molecule has 0 radical (unpaired) electrons. The average molecular weight is 795 g/mol. The summed E-state index contributed by atoms with van der Waals surface area (Å²) in [4.78, 5) is 0. The van der Waals surface area contributed by atoms with Gasteiger partial charge in [-0.1, -0.05) is 176 Å². The van der Waals surface area contributed by atoms with Crippen LogP contribution in [0, 0.1) is 0 Å². The SMILES string of the molecule is c1ccc(-c2ccc(-c3c4cccc(-c5c6ccccc6cc6sc7ccccc7c56)c4cc4c(-c5c6ccccc6cc6sc7ccccc7c56)cccc34)cc2)cc1. The van der Waals surface area contributed by atoms with E-state index in [9.17, 15) is 0 Å². The van der Waals surface area contributed by atoms with Crippen LogP contribution in [0.1, 0.15) is 0 Å². The second kappa shape index (κ2) is 13.2. The van der Waals surface area contributed by atoms with Crippen LogP contribution in [0.4, 0.5) is 0 Å². The Hall–Kier alpha value is -7.10. The Morgan fingerprint density at radius 2 is 0.650 bits per heavy atom. The van der Waals surface area contributed by atoms with Crippen LogP contribution in [0.25, 0.3) is 128 Å². The molecule has 0 fully saturated rings. The summed E-state index contributed by atoms with van der Waals surface area (Å²) in [7, 11) is 0. The van der Waals surface area contributed by atoms with E-state index in [-0.39, 0.29) is 0 Å². The van der Waals surface area contributed by atoms with Crippen molar-refractivity contribution in [3.63, 3.8) is 0 Å². The van der Waals surface area contributed by atoms with Crippen molar-refractivity contribution in [1.82, 2.24) is 0 Å². The second-order valence-electron chi connectivity index (χ2n) is 15.9. The van der Waals surface area contributed by atoms with Gasteiger partial charge in [-0.3, -0.25) is 0 Å². The van der Waals surface area contributed by atoms with E-state index in [1.807, 2.05) is 22.7 Å². The Morgan fingerprint density at radius 1 is 0.233 bits per heavy atom. The largest absolute Gasteiger partial charge is 0.135 e. The smallest absolute Gasteiger partial charge is 0.0368 e. The lowest BCUT2D eigenvalue weighted by molar-refractivity contribution is 1.61. The van der Waals surface area contributed by atoms with Crippen LogP contribution in [-0.2, 0) is 0 Å². The summed E-state index contributed by atoms with van der Waals surface area (Å²) in [5, 5.41) is 15.4. The summed E-state index contributed by atoms with van der Waals surface area (Å²) in [6.07, 6.45) is 0. The summed E-state index contributed by atoms with van der Waals surface area (Å²) >= 11 is 3.79. The first-order valence-corrected chi connectivity index (χ1v) is 22.2. The lowest BCUT2D eigenvalue weighted by Gasteiger charge is -2.20. The van der Waals surface area contributed by atoms with Gasteiger partial charge >= 0.3 is 0 Å². The molecule has 0 atom stereocenters. The van der Waals surface area contributed by atoms with E-state index in [0.717, 1.165) is 0 Å². The molecule has 60 heavy (non-hydrogen) atoms. The van der Waals surface area contributed by atoms with Gasteiger partial charge in [0.15, 0.2) is 0 Å². The monoisotopic (exact) mass is 794 g/mol. The Kier molecular flexibility index (Phi) is 7.45. The van der Waals surface area contributed by atoms with E-state index < -0.39 is 0 Å². The molecule has 0 saturated carbocycles. The first kappa shape index (κ1) is 33.8. The van der Waals surface area contributed by atoms with Gasteiger partial charge in [0, 0.05) is 40.3 Å². The molecule has 2 aromatic heterocycles. The minimum Gasteiger partial charge on any atom is -0.135 e. The van der Waals surface area contributed by atoms with Crippen molar-refractivity contribution in [1.29, 1.82) is 0 Å². The molecule has 0 spiro atoms. The molecule has 0 amide bonds. The van der Waals surface area contributed by atoms with Gasteiger partial charge in [0.2, 0.25) is 0 Å². The van der Waals surface area contributed by atoms with Gasteiger partial charge in [-0.25, -0.2) is 0 Å². The molecule has 0 aliphatic rings. The van der Waals surface area contributed by atoms with Gasteiger partial charge in [-0.15, -0.1) is 22.7 Å². The molecule has 0 bridgehead atoms. The zero-order valence-electron chi connectivity index (χ0n) is 32.4. The maximum Gasteiger partial charge on any atom is 0.0368 e. The first-order chi connectivity index (χ1) is 29.8. The molecule has 0 aliphatic heterocycles. The number of thiophene rings is 2. The standard InChI is InChI=1S/C58H34S2/c1-2-14-35(15-3-1)36-28-30-37(31-29-36)54-42-22-12-24-44(55-40-18-6-4-16-38(40)32-52-57(55)46-20-8-10-26-50(46)59-52)48(42)34-49-43(54)23-13-25-45(49)56-41-19-7-5-17-39(41)33-53-58(56)47-21-9-11-27-51(47)60-53/h1-34H. The molecule has 13 rings (SSSR count). The van der Waals surface area contributed by atoms with Gasteiger partial charge < -0.3 is 0 Å². The highest BCUT2D eigenvalue weighted by molar-refractivity contribution is 7.26. The Morgan fingerprint density at radius 3 is 1.18 bits per heavy atom. The summed E-state index contributed by atoms with van der Waals surface area (Å²) in [6.45, 7) is 0. The van der Waals surface area contributed by atoms with E-state index >= 15 is 0 Å². The molecule has 2 heterocycles. The molecule has 2 heteroatoms. The molecule has 11 aromatic carbocycles. The zero-order chi connectivity index (χ0) is 39.3. The number of fused-ring (bicyclic) bond motifs is 10. The van der Waals surface area contributed by atoms with Gasteiger partial charge in [0.25, 0.3) is 0 Å². The topological polar surface area (TPSA) is 0 Å². The van der Waals surface area contributed by atoms with Crippen molar-refractivity contribution in [3.8, 4) is 44.5 Å². The average Bonchev–Trinajstić information content (AvgIpc) is 3.87. The lowest BCUT2D eigenvalue weighted by Crippen LogP contribution is -1.92. The van der Waals surface area contributed by atoms with E-state index in [1.54, 1.807) is 0 Å². The highest BCUT2D eigenvalue weighted by atomic mass is 32.1. The molecular weight excluding hydrogens is 761 g/mol. The predicted octanol–water partition coefficient (Wildman–Crippen LogP) is 17.7. The minimum absolute atomic E-state index is 1.22. The highest BCUT2D eigenvalue weighted by Crippen LogP contribution is 2.51. The quantitative estimate of drug-likeness (QED) is 0.156. The lowest BCUT2D eigenvalue weighted by atomic mass is 9.83. The van der Waals surface area contributed by atoms with Crippen LogP contribution >= 0.6 is 22.7 Å². The predicted molar refractivity (Wildman–Crippen MR) is 264 cm³/mol. The molecule has 0 saturated heterocycles. The van der Waals surface area contributed by atoms with E-state index in [0.29, 0.717) is 0 Å². The molecule has 0 N–H and O–H groups in total. The van der Waals surface area contributed by atoms with Crippen LogP contribution in [0.2, 0.25) is 0 Å². The van der Waals surface area contributed by atoms with Crippen LogP contribution in [0.3, 0.4) is 0 Å². The maximum atomic E-state index is 2.53. The fourth-order valence-electron chi connectivity index (χ4n) is 10.0.